The molecule has 1 aliphatic rings. The van der Waals surface area contributed by atoms with Crippen LogP contribution in [0, 0.1) is 12.7 Å². The Morgan fingerprint density at radius 1 is 1.28 bits per heavy atom. The molecule has 3 rings (SSSR count). The third kappa shape index (κ3) is 1.89. The van der Waals surface area contributed by atoms with Gasteiger partial charge in [0.1, 0.15) is 5.82 Å². The Balaban J connectivity index is 1.98. The van der Waals surface area contributed by atoms with Gasteiger partial charge in [-0.2, -0.15) is 0 Å². The van der Waals surface area contributed by atoms with Crippen molar-refractivity contribution in [3.63, 3.8) is 0 Å². The summed E-state index contributed by atoms with van der Waals surface area (Å²) in [5.41, 5.74) is 2.63. The lowest BCUT2D eigenvalue weighted by Gasteiger charge is -2.03. The van der Waals surface area contributed by atoms with E-state index in [2.05, 4.69) is 0 Å². The maximum Gasteiger partial charge on any atom is 0.203 e. The second-order valence-corrected chi connectivity index (χ2v) is 5.84. The molecule has 0 N–H and O–H groups in total. The number of fused-ring (bicyclic) bond motifs is 1. The number of rotatable bonds is 2. The summed E-state index contributed by atoms with van der Waals surface area (Å²) in [6, 6.07) is 6.35. The Morgan fingerprint density at radius 3 is 2.83 bits per heavy atom. The minimum Gasteiger partial charge on any atom is -0.288 e. The molecule has 0 fully saturated rings. The molecule has 3 heteroatoms. The highest BCUT2D eigenvalue weighted by atomic mass is 32.1. The number of aryl methyl sites for hydroxylation is 3. The Morgan fingerprint density at radius 2 is 2.11 bits per heavy atom. The zero-order valence-electron chi connectivity index (χ0n) is 10.1. The monoisotopic (exact) mass is 260 g/mol. The summed E-state index contributed by atoms with van der Waals surface area (Å²) in [4.78, 5) is 14.5. The van der Waals surface area contributed by atoms with E-state index >= 15 is 0 Å². The predicted octanol–water partition coefficient (Wildman–Crippen LogP) is 3.92. The second-order valence-electron chi connectivity index (χ2n) is 4.70. The molecule has 1 aromatic carbocycles. The second kappa shape index (κ2) is 4.32. The van der Waals surface area contributed by atoms with Crippen molar-refractivity contribution in [1.29, 1.82) is 0 Å². The van der Waals surface area contributed by atoms with E-state index in [1.807, 2.05) is 6.07 Å². The molecule has 0 saturated heterocycles. The van der Waals surface area contributed by atoms with E-state index in [1.165, 1.54) is 29.0 Å². The number of carbonyl (C=O) groups is 1. The minimum atomic E-state index is -0.294. The standard InChI is InChI=1S/C15H13FOS/c1-9-7-11(16)5-6-12(9)15(17)14-8-10-3-2-4-13(10)18-14/h5-8H,2-4H2,1H3. The molecule has 18 heavy (non-hydrogen) atoms. The van der Waals surface area contributed by atoms with Crippen LogP contribution in [0.25, 0.3) is 0 Å². The van der Waals surface area contributed by atoms with Crippen LogP contribution in [0.3, 0.4) is 0 Å². The number of thiophene rings is 1. The minimum absolute atomic E-state index is 0.0203. The van der Waals surface area contributed by atoms with Gasteiger partial charge in [0.05, 0.1) is 4.88 Å². The summed E-state index contributed by atoms with van der Waals surface area (Å²) in [7, 11) is 0. The molecule has 1 aromatic heterocycles. The van der Waals surface area contributed by atoms with E-state index in [0.717, 1.165) is 17.7 Å². The molecule has 0 saturated carbocycles. The van der Waals surface area contributed by atoms with Gasteiger partial charge in [-0.25, -0.2) is 4.39 Å². The van der Waals surface area contributed by atoms with Crippen LogP contribution in [0.2, 0.25) is 0 Å². The smallest absolute Gasteiger partial charge is 0.203 e. The molecule has 2 aromatic rings. The van der Waals surface area contributed by atoms with Gasteiger partial charge < -0.3 is 0 Å². The van der Waals surface area contributed by atoms with Crippen LogP contribution < -0.4 is 0 Å². The maximum atomic E-state index is 13.0. The zero-order chi connectivity index (χ0) is 12.7. The highest BCUT2D eigenvalue weighted by Crippen LogP contribution is 2.32. The van der Waals surface area contributed by atoms with Gasteiger partial charge in [-0.1, -0.05) is 0 Å². The lowest BCUT2D eigenvalue weighted by atomic mass is 10.0. The molecule has 0 unspecified atom stereocenters. The fourth-order valence-electron chi connectivity index (χ4n) is 2.46. The van der Waals surface area contributed by atoms with E-state index in [0.29, 0.717) is 11.1 Å². The van der Waals surface area contributed by atoms with Crippen molar-refractivity contribution < 1.29 is 9.18 Å². The molecule has 0 bridgehead atoms. The zero-order valence-corrected chi connectivity index (χ0v) is 10.9. The van der Waals surface area contributed by atoms with E-state index in [-0.39, 0.29) is 11.6 Å². The Hall–Kier alpha value is -1.48. The lowest BCUT2D eigenvalue weighted by molar-refractivity contribution is 0.104. The number of halogens is 1. The fraction of sp³-hybridized carbons (Fsp3) is 0.267. The Bertz CT molecular complexity index is 606. The SMILES string of the molecule is Cc1cc(F)ccc1C(=O)c1cc2c(s1)CCC2. The fourth-order valence-corrected chi connectivity index (χ4v) is 3.66. The predicted molar refractivity (Wildman–Crippen MR) is 70.9 cm³/mol. The molecule has 0 aliphatic heterocycles. The van der Waals surface area contributed by atoms with Crippen molar-refractivity contribution in [3.05, 3.63) is 56.5 Å². The summed E-state index contributed by atoms with van der Waals surface area (Å²) < 4.78 is 13.0. The average Bonchev–Trinajstić information content (AvgIpc) is 2.87. The average molecular weight is 260 g/mol. The van der Waals surface area contributed by atoms with Gasteiger partial charge in [0.15, 0.2) is 0 Å². The molecule has 92 valence electrons. The third-order valence-corrected chi connectivity index (χ3v) is 4.64. The molecular weight excluding hydrogens is 247 g/mol. The quantitative estimate of drug-likeness (QED) is 0.748. The van der Waals surface area contributed by atoms with Crippen molar-refractivity contribution in [2.24, 2.45) is 0 Å². The van der Waals surface area contributed by atoms with Crippen LogP contribution in [0.5, 0.6) is 0 Å². The summed E-state index contributed by atoms with van der Waals surface area (Å²) in [5.74, 6) is -0.273. The first kappa shape index (κ1) is 11.6. The van der Waals surface area contributed by atoms with Crippen molar-refractivity contribution in [2.75, 3.05) is 0 Å². The van der Waals surface area contributed by atoms with Crippen LogP contribution in [-0.2, 0) is 12.8 Å². The highest BCUT2D eigenvalue weighted by molar-refractivity contribution is 7.14. The van der Waals surface area contributed by atoms with Crippen molar-refractivity contribution in [1.82, 2.24) is 0 Å². The number of ketones is 1. The van der Waals surface area contributed by atoms with Gasteiger partial charge in [0.25, 0.3) is 0 Å². The number of hydrogen-bond acceptors (Lipinski definition) is 2. The maximum absolute atomic E-state index is 13.0. The normalized spacial score (nSPS) is 13.7. The van der Waals surface area contributed by atoms with E-state index in [9.17, 15) is 9.18 Å². The van der Waals surface area contributed by atoms with E-state index in [1.54, 1.807) is 24.3 Å². The Labute approximate surface area is 109 Å². The highest BCUT2D eigenvalue weighted by Gasteiger charge is 2.20. The van der Waals surface area contributed by atoms with Gasteiger partial charge in [-0.05, 0) is 61.6 Å². The summed E-state index contributed by atoms with van der Waals surface area (Å²) in [6.07, 6.45) is 3.38. The number of carbonyl (C=O) groups excluding carboxylic acids is 1. The van der Waals surface area contributed by atoms with Gasteiger partial charge in [0.2, 0.25) is 5.78 Å². The lowest BCUT2D eigenvalue weighted by Crippen LogP contribution is -2.02. The number of benzene rings is 1. The van der Waals surface area contributed by atoms with Crippen molar-refractivity contribution in [3.8, 4) is 0 Å². The first-order chi connectivity index (χ1) is 8.65. The molecule has 1 heterocycles. The molecule has 0 spiro atoms. The van der Waals surface area contributed by atoms with Crippen LogP contribution >= 0.6 is 11.3 Å². The molecule has 1 nitrogen and oxygen atoms in total. The first-order valence-corrected chi connectivity index (χ1v) is 6.89. The van der Waals surface area contributed by atoms with Gasteiger partial charge in [-0.3, -0.25) is 4.79 Å². The molecule has 0 amide bonds. The molecule has 0 radical (unpaired) electrons. The summed E-state index contributed by atoms with van der Waals surface area (Å²) in [6.45, 7) is 1.78. The van der Waals surface area contributed by atoms with Gasteiger partial charge in [0, 0.05) is 10.4 Å². The topological polar surface area (TPSA) is 17.1 Å². The molecule has 0 atom stereocenters. The Kier molecular flexibility index (Phi) is 2.78. The van der Waals surface area contributed by atoms with Crippen LogP contribution in [-0.4, -0.2) is 5.78 Å². The molecule has 1 aliphatic carbocycles. The molecular formula is C15H13FOS. The van der Waals surface area contributed by atoms with Gasteiger partial charge in [-0.15, -0.1) is 11.3 Å². The van der Waals surface area contributed by atoms with Crippen LogP contribution in [0.15, 0.2) is 24.3 Å². The van der Waals surface area contributed by atoms with Crippen molar-refractivity contribution >= 4 is 17.1 Å². The van der Waals surface area contributed by atoms with Gasteiger partial charge >= 0.3 is 0 Å². The van der Waals surface area contributed by atoms with Crippen molar-refractivity contribution in [2.45, 2.75) is 26.2 Å². The summed E-state index contributed by atoms with van der Waals surface area (Å²) >= 11 is 1.59. The number of hydrogen-bond donors (Lipinski definition) is 0. The first-order valence-electron chi connectivity index (χ1n) is 6.07. The van der Waals surface area contributed by atoms with E-state index in [4.69, 9.17) is 0 Å². The largest absolute Gasteiger partial charge is 0.288 e. The van der Waals surface area contributed by atoms with Crippen LogP contribution in [0.4, 0.5) is 4.39 Å². The summed E-state index contributed by atoms with van der Waals surface area (Å²) in [5, 5.41) is 0. The van der Waals surface area contributed by atoms with Crippen LogP contribution in [0.1, 0.15) is 37.7 Å². The van der Waals surface area contributed by atoms with E-state index < -0.39 is 0 Å². The third-order valence-electron chi connectivity index (χ3n) is 3.40.